The summed E-state index contributed by atoms with van der Waals surface area (Å²) >= 11 is 1.17. The van der Waals surface area contributed by atoms with E-state index in [0.717, 1.165) is 11.9 Å². The highest BCUT2D eigenvalue weighted by Crippen LogP contribution is 2.23. The SMILES string of the molecule is CCCn1c(=NC(=O)c2ccccc2F)sc2cc([N+](=O)[O-])ccc21. The molecule has 128 valence electrons. The molecule has 0 aliphatic heterocycles. The zero-order valence-electron chi connectivity index (χ0n) is 13.3. The van der Waals surface area contributed by atoms with Gasteiger partial charge in [0.1, 0.15) is 5.82 Å². The Kier molecular flexibility index (Phi) is 4.71. The Morgan fingerprint density at radius 1 is 1.32 bits per heavy atom. The number of non-ortho nitro benzene ring substituents is 1. The van der Waals surface area contributed by atoms with Crippen LogP contribution in [0.3, 0.4) is 0 Å². The Balaban J connectivity index is 2.17. The second-order valence-electron chi connectivity index (χ2n) is 5.34. The summed E-state index contributed by atoms with van der Waals surface area (Å²) in [4.78, 5) is 27.2. The zero-order valence-corrected chi connectivity index (χ0v) is 14.1. The number of hydrogen-bond acceptors (Lipinski definition) is 4. The van der Waals surface area contributed by atoms with Crippen molar-refractivity contribution in [2.75, 3.05) is 0 Å². The van der Waals surface area contributed by atoms with Crippen LogP contribution in [0.4, 0.5) is 10.1 Å². The molecule has 25 heavy (non-hydrogen) atoms. The summed E-state index contributed by atoms with van der Waals surface area (Å²) in [6, 6.07) is 10.2. The van der Waals surface area contributed by atoms with Crippen molar-refractivity contribution < 1.29 is 14.1 Å². The van der Waals surface area contributed by atoms with Gasteiger partial charge >= 0.3 is 0 Å². The minimum Gasteiger partial charge on any atom is -0.316 e. The largest absolute Gasteiger partial charge is 0.316 e. The van der Waals surface area contributed by atoms with Crippen molar-refractivity contribution in [3.8, 4) is 0 Å². The van der Waals surface area contributed by atoms with Crippen molar-refractivity contribution in [1.29, 1.82) is 0 Å². The highest BCUT2D eigenvalue weighted by atomic mass is 32.1. The van der Waals surface area contributed by atoms with Crippen LogP contribution in [0.15, 0.2) is 47.5 Å². The number of hydrogen-bond donors (Lipinski definition) is 0. The maximum atomic E-state index is 13.8. The first kappa shape index (κ1) is 17.0. The third-order valence-corrected chi connectivity index (χ3v) is 4.67. The molecule has 1 heterocycles. The van der Waals surface area contributed by atoms with E-state index in [9.17, 15) is 19.3 Å². The number of fused-ring (bicyclic) bond motifs is 1. The molecule has 2 aromatic carbocycles. The van der Waals surface area contributed by atoms with Gasteiger partial charge in [0.05, 0.1) is 20.7 Å². The van der Waals surface area contributed by atoms with Gasteiger partial charge in [0, 0.05) is 18.7 Å². The van der Waals surface area contributed by atoms with E-state index in [-0.39, 0.29) is 11.3 Å². The van der Waals surface area contributed by atoms with E-state index >= 15 is 0 Å². The molecule has 0 spiro atoms. The van der Waals surface area contributed by atoms with Gasteiger partial charge in [0.2, 0.25) is 0 Å². The summed E-state index contributed by atoms with van der Waals surface area (Å²) in [5.41, 5.74) is 0.635. The van der Waals surface area contributed by atoms with E-state index in [1.54, 1.807) is 12.1 Å². The summed E-state index contributed by atoms with van der Waals surface area (Å²) < 4.78 is 16.3. The minimum atomic E-state index is -0.677. The van der Waals surface area contributed by atoms with Gasteiger partial charge in [0.15, 0.2) is 4.80 Å². The number of nitro groups is 1. The molecule has 0 fully saturated rings. The molecule has 0 atom stereocenters. The van der Waals surface area contributed by atoms with E-state index in [4.69, 9.17) is 0 Å². The van der Waals surface area contributed by atoms with Crippen LogP contribution in [0.2, 0.25) is 0 Å². The van der Waals surface area contributed by atoms with Gasteiger partial charge in [-0.1, -0.05) is 30.4 Å². The van der Waals surface area contributed by atoms with E-state index in [2.05, 4.69) is 4.99 Å². The molecule has 0 unspecified atom stereocenters. The third-order valence-electron chi connectivity index (χ3n) is 3.63. The topological polar surface area (TPSA) is 77.5 Å². The predicted octanol–water partition coefficient (Wildman–Crippen LogP) is 3.90. The Hall–Kier alpha value is -2.87. The molecule has 3 aromatic rings. The van der Waals surface area contributed by atoms with E-state index < -0.39 is 16.6 Å². The Morgan fingerprint density at radius 2 is 2.08 bits per heavy atom. The van der Waals surface area contributed by atoms with E-state index in [1.165, 1.54) is 41.7 Å². The van der Waals surface area contributed by atoms with Gasteiger partial charge in [-0.25, -0.2) is 4.39 Å². The molecule has 0 aliphatic rings. The lowest BCUT2D eigenvalue weighted by Gasteiger charge is -2.02. The predicted molar refractivity (Wildman–Crippen MR) is 93.1 cm³/mol. The molecule has 8 heteroatoms. The second-order valence-corrected chi connectivity index (χ2v) is 6.35. The first-order valence-corrected chi connectivity index (χ1v) is 8.44. The van der Waals surface area contributed by atoms with Crippen LogP contribution in [-0.2, 0) is 6.54 Å². The molecular weight excluding hydrogens is 345 g/mol. The minimum absolute atomic E-state index is 0.0237. The van der Waals surface area contributed by atoms with Crippen LogP contribution in [0.1, 0.15) is 23.7 Å². The number of aryl methyl sites for hydroxylation is 1. The Morgan fingerprint density at radius 3 is 2.76 bits per heavy atom. The van der Waals surface area contributed by atoms with E-state index in [0.29, 0.717) is 16.0 Å². The van der Waals surface area contributed by atoms with Gasteiger partial charge in [-0.15, -0.1) is 0 Å². The fourth-order valence-electron chi connectivity index (χ4n) is 2.48. The number of nitro benzene ring substituents is 1. The summed E-state index contributed by atoms with van der Waals surface area (Å²) in [6.45, 7) is 2.57. The summed E-state index contributed by atoms with van der Waals surface area (Å²) in [5.74, 6) is -1.31. The average molecular weight is 359 g/mol. The highest BCUT2D eigenvalue weighted by molar-refractivity contribution is 7.16. The lowest BCUT2D eigenvalue weighted by molar-refractivity contribution is -0.384. The smallest absolute Gasteiger partial charge is 0.282 e. The number of benzene rings is 2. The molecule has 3 rings (SSSR count). The molecule has 0 radical (unpaired) electrons. The Labute approximate surface area is 146 Å². The van der Waals surface area contributed by atoms with Crippen molar-refractivity contribution in [2.45, 2.75) is 19.9 Å². The number of carbonyl (C=O) groups is 1. The summed E-state index contributed by atoms with van der Waals surface area (Å²) in [6.07, 6.45) is 0.796. The Bertz CT molecular complexity index is 1040. The molecule has 0 bridgehead atoms. The van der Waals surface area contributed by atoms with Crippen molar-refractivity contribution >= 4 is 33.1 Å². The number of amides is 1. The molecule has 0 N–H and O–H groups in total. The number of thiazole rings is 1. The highest BCUT2D eigenvalue weighted by Gasteiger charge is 2.14. The molecule has 1 amide bonds. The van der Waals surface area contributed by atoms with Crippen LogP contribution >= 0.6 is 11.3 Å². The molecule has 0 saturated carbocycles. The van der Waals surface area contributed by atoms with E-state index in [1.807, 2.05) is 11.5 Å². The molecule has 6 nitrogen and oxygen atoms in total. The lowest BCUT2D eigenvalue weighted by atomic mass is 10.2. The normalized spacial score (nSPS) is 11.8. The zero-order chi connectivity index (χ0) is 18.0. The average Bonchev–Trinajstić information content (AvgIpc) is 2.92. The van der Waals surface area contributed by atoms with Crippen molar-refractivity contribution in [3.05, 3.63) is 68.8 Å². The standard InChI is InChI=1S/C17H14FN3O3S/c1-2-9-20-14-8-7-11(21(23)24)10-15(14)25-17(20)19-16(22)12-5-3-4-6-13(12)18/h3-8,10H,2,9H2,1H3. The van der Waals surface area contributed by atoms with Crippen molar-refractivity contribution in [3.63, 3.8) is 0 Å². The molecule has 1 aromatic heterocycles. The second kappa shape index (κ2) is 6.94. The monoisotopic (exact) mass is 359 g/mol. The van der Waals surface area contributed by atoms with Gasteiger partial charge in [0.25, 0.3) is 11.6 Å². The maximum Gasteiger partial charge on any atom is 0.282 e. The third kappa shape index (κ3) is 3.34. The van der Waals surface area contributed by atoms with Crippen LogP contribution in [-0.4, -0.2) is 15.4 Å². The molecule has 0 saturated heterocycles. The number of aromatic nitrogens is 1. The fraction of sp³-hybridized carbons (Fsp3) is 0.176. The summed E-state index contributed by atoms with van der Waals surface area (Å²) in [5, 5.41) is 10.9. The van der Waals surface area contributed by atoms with Crippen molar-refractivity contribution in [2.24, 2.45) is 4.99 Å². The molecule has 0 aliphatic carbocycles. The van der Waals surface area contributed by atoms with Gasteiger partial charge in [-0.2, -0.15) is 4.99 Å². The number of halogens is 1. The van der Waals surface area contributed by atoms with Gasteiger partial charge < -0.3 is 4.57 Å². The summed E-state index contributed by atoms with van der Waals surface area (Å²) in [7, 11) is 0. The maximum absolute atomic E-state index is 13.8. The van der Waals surface area contributed by atoms with Crippen LogP contribution in [0.25, 0.3) is 10.2 Å². The van der Waals surface area contributed by atoms with Crippen LogP contribution in [0, 0.1) is 15.9 Å². The number of nitrogens with zero attached hydrogens (tertiary/aromatic N) is 3. The van der Waals surface area contributed by atoms with Gasteiger partial charge in [-0.3, -0.25) is 14.9 Å². The van der Waals surface area contributed by atoms with Gasteiger partial charge in [-0.05, 0) is 24.6 Å². The number of carbonyl (C=O) groups excluding carboxylic acids is 1. The quantitative estimate of drug-likeness (QED) is 0.523. The fourth-order valence-corrected chi connectivity index (χ4v) is 3.57. The first-order chi connectivity index (χ1) is 12.0. The van der Waals surface area contributed by atoms with Crippen LogP contribution in [0.5, 0.6) is 0 Å². The number of rotatable bonds is 4. The first-order valence-electron chi connectivity index (χ1n) is 7.62. The van der Waals surface area contributed by atoms with Crippen LogP contribution < -0.4 is 4.80 Å². The van der Waals surface area contributed by atoms with Crippen molar-refractivity contribution in [1.82, 2.24) is 4.57 Å². The lowest BCUT2D eigenvalue weighted by Crippen LogP contribution is -2.17. The molecular formula is C17H14FN3O3S.